The maximum Gasteiger partial charge on any atom is 0.138 e. The standard InChI is InChI=1S/C14H18ClN3/c1-9-10(2)16-14(15)12-7-11(17-13(9)12)8-18-5-3-4-6-18/h7,17H,3-6,8H2,1-2H3. The Balaban J connectivity index is 1.99. The van der Waals surface area contributed by atoms with E-state index in [-0.39, 0.29) is 0 Å². The Morgan fingerprint density at radius 2 is 2.06 bits per heavy atom. The highest BCUT2D eigenvalue weighted by Crippen LogP contribution is 2.27. The Kier molecular flexibility index (Phi) is 3.04. The van der Waals surface area contributed by atoms with Crippen molar-refractivity contribution in [3.8, 4) is 0 Å². The van der Waals surface area contributed by atoms with E-state index in [1.54, 1.807) is 0 Å². The van der Waals surface area contributed by atoms with Crippen LogP contribution in [0, 0.1) is 13.8 Å². The van der Waals surface area contributed by atoms with Crippen molar-refractivity contribution >= 4 is 22.5 Å². The maximum absolute atomic E-state index is 6.22. The van der Waals surface area contributed by atoms with Gasteiger partial charge in [0.25, 0.3) is 0 Å². The number of pyridine rings is 1. The minimum Gasteiger partial charge on any atom is -0.357 e. The average molecular weight is 264 g/mol. The molecule has 18 heavy (non-hydrogen) atoms. The maximum atomic E-state index is 6.22. The molecule has 3 heterocycles. The van der Waals surface area contributed by atoms with E-state index in [1.165, 1.54) is 37.2 Å². The van der Waals surface area contributed by atoms with Crippen molar-refractivity contribution < 1.29 is 0 Å². The van der Waals surface area contributed by atoms with Gasteiger partial charge in [0.2, 0.25) is 0 Å². The zero-order chi connectivity index (χ0) is 12.7. The SMILES string of the molecule is Cc1nc(Cl)c2cc(CN3CCCC3)[nH]c2c1C. The first-order valence-electron chi connectivity index (χ1n) is 6.52. The summed E-state index contributed by atoms with van der Waals surface area (Å²) in [6.07, 6.45) is 2.64. The monoisotopic (exact) mass is 263 g/mol. The minimum atomic E-state index is 0.608. The molecule has 2 aromatic heterocycles. The summed E-state index contributed by atoms with van der Waals surface area (Å²) in [4.78, 5) is 10.4. The van der Waals surface area contributed by atoms with Crippen LogP contribution in [-0.4, -0.2) is 28.0 Å². The summed E-state index contributed by atoms with van der Waals surface area (Å²) in [6.45, 7) is 7.50. The molecule has 0 unspecified atom stereocenters. The number of fused-ring (bicyclic) bond motifs is 1. The predicted octanol–water partition coefficient (Wildman–Crippen LogP) is 3.43. The smallest absolute Gasteiger partial charge is 0.138 e. The predicted molar refractivity (Wildman–Crippen MR) is 75.1 cm³/mol. The molecule has 1 aliphatic heterocycles. The molecule has 0 spiro atoms. The Morgan fingerprint density at radius 1 is 1.33 bits per heavy atom. The first-order valence-corrected chi connectivity index (χ1v) is 6.89. The average Bonchev–Trinajstić information content (AvgIpc) is 2.96. The van der Waals surface area contributed by atoms with Crippen LogP contribution >= 0.6 is 11.6 Å². The molecule has 4 heteroatoms. The van der Waals surface area contributed by atoms with Crippen LogP contribution < -0.4 is 0 Å². The third-order valence-electron chi connectivity index (χ3n) is 3.87. The molecule has 1 saturated heterocycles. The van der Waals surface area contributed by atoms with Crippen LogP contribution in [-0.2, 0) is 6.54 Å². The molecule has 0 amide bonds. The number of hydrogen-bond donors (Lipinski definition) is 1. The van der Waals surface area contributed by atoms with E-state index in [1.807, 2.05) is 6.92 Å². The van der Waals surface area contributed by atoms with Crippen LogP contribution in [0.4, 0.5) is 0 Å². The molecular formula is C14H18ClN3. The van der Waals surface area contributed by atoms with Gasteiger partial charge < -0.3 is 4.98 Å². The number of halogens is 1. The van der Waals surface area contributed by atoms with Gasteiger partial charge in [-0.15, -0.1) is 0 Å². The van der Waals surface area contributed by atoms with Gasteiger partial charge in [-0.05, 0) is 51.4 Å². The lowest BCUT2D eigenvalue weighted by atomic mass is 10.2. The highest BCUT2D eigenvalue weighted by molar-refractivity contribution is 6.34. The van der Waals surface area contributed by atoms with E-state index in [9.17, 15) is 0 Å². The van der Waals surface area contributed by atoms with E-state index >= 15 is 0 Å². The van der Waals surface area contributed by atoms with Crippen LogP contribution in [0.1, 0.15) is 29.8 Å². The number of aromatic amines is 1. The lowest BCUT2D eigenvalue weighted by Crippen LogP contribution is -2.18. The topological polar surface area (TPSA) is 31.9 Å². The van der Waals surface area contributed by atoms with E-state index in [0.29, 0.717) is 5.15 Å². The Bertz CT molecular complexity index is 582. The molecule has 1 aliphatic rings. The molecule has 96 valence electrons. The summed E-state index contributed by atoms with van der Waals surface area (Å²) in [5.74, 6) is 0. The van der Waals surface area contributed by atoms with Gasteiger partial charge in [-0.2, -0.15) is 0 Å². The van der Waals surface area contributed by atoms with Crippen molar-refractivity contribution in [1.82, 2.24) is 14.9 Å². The fourth-order valence-electron chi connectivity index (χ4n) is 2.71. The first kappa shape index (κ1) is 12.0. The quantitative estimate of drug-likeness (QED) is 0.842. The Hall–Kier alpha value is -1.06. The van der Waals surface area contributed by atoms with E-state index < -0.39 is 0 Å². The summed E-state index contributed by atoms with van der Waals surface area (Å²) in [7, 11) is 0. The second-order valence-electron chi connectivity index (χ2n) is 5.18. The van der Waals surface area contributed by atoms with Gasteiger partial charge in [-0.3, -0.25) is 4.90 Å². The van der Waals surface area contributed by atoms with E-state index in [2.05, 4.69) is 27.9 Å². The van der Waals surface area contributed by atoms with Crippen molar-refractivity contribution in [2.75, 3.05) is 13.1 Å². The van der Waals surface area contributed by atoms with Gasteiger partial charge in [0, 0.05) is 23.3 Å². The highest BCUT2D eigenvalue weighted by Gasteiger charge is 2.15. The number of aromatic nitrogens is 2. The molecule has 0 saturated carbocycles. The molecule has 3 rings (SSSR count). The molecular weight excluding hydrogens is 246 g/mol. The zero-order valence-corrected chi connectivity index (χ0v) is 11.6. The number of rotatable bonds is 2. The fourth-order valence-corrected chi connectivity index (χ4v) is 2.98. The second kappa shape index (κ2) is 4.56. The number of hydrogen-bond acceptors (Lipinski definition) is 2. The van der Waals surface area contributed by atoms with E-state index in [0.717, 1.165) is 23.1 Å². The molecule has 0 aliphatic carbocycles. The van der Waals surface area contributed by atoms with Gasteiger partial charge in [0.15, 0.2) is 0 Å². The van der Waals surface area contributed by atoms with Gasteiger partial charge in [-0.1, -0.05) is 11.6 Å². The van der Waals surface area contributed by atoms with Crippen LogP contribution in [0.25, 0.3) is 10.9 Å². The number of aryl methyl sites for hydroxylation is 2. The third-order valence-corrected chi connectivity index (χ3v) is 4.16. The van der Waals surface area contributed by atoms with Crippen molar-refractivity contribution in [2.24, 2.45) is 0 Å². The summed E-state index contributed by atoms with van der Waals surface area (Å²) in [5.41, 5.74) is 4.58. The molecule has 1 fully saturated rings. The van der Waals surface area contributed by atoms with Crippen molar-refractivity contribution in [2.45, 2.75) is 33.2 Å². The van der Waals surface area contributed by atoms with E-state index in [4.69, 9.17) is 11.6 Å². The largest absolute Gasteiger partial charge is 0.357 e. The molecule has 0 aromatic carbocycles. The highest BCUT2D eigenvalue weighted by atomic mass is 35.5. The summed E-state index contributed by atoms with van der Waals surface area (Å²) in [5, 5.41) is 1.66. The van der Waals surface area contributed by atoms with Crippen LogP contribution in [0.3, 0.4) is 0 Å². The van der Waals surface area contributed by atoms with Gasteiger partial charge in [0.1, 0.15) is 5.15 Å². The van der Waals surface area contributed by atoms with Crippen molar-refractivity contribution in [3.63, 3.8) is 0 Å². The minimum absolute atomic E-state index is 0.608. The van der Waals surface area contributed by atoms with Crippen LogP contribution in [0.15, 0.2) is 6.07 Å². The lowest BCUT2D eigenvalue weighted by Gasteiger charge is -2.12. The molecule has 0 bridgehead atoms. The van der Waals surface area contributed by atoms with Gasteiger partial charge >= 0.3 is 0 Å². The number of nitrogens with one attached hydrogen (secondary N) is 1. The first-order chi connectivity index (χ1) is 8.65. The zero-order valence-electron chi connectivity index (χ0n) is 10.9. The molecule has 0 atom stereocenters. The third kappa shape index (κ3) is 2.02. The Labute approximate surface area is 112 Å². The van der Waals surface area contributed by atoms with Crippen LogP contribution in [0.5, 0.6) is 0 Å². The number of nitrogens with zero attached hydrogens (tertiary/aromatic N) is 2. The molecule has 1 N–H and O–H groups in total. The molecule has 0 radical (unpaired) electrons. The summed E-state index contributed by atoms with van der Waals surface area (Å²) >= 11 is 6.22. The normalized spacial score (nSPS) is 16.8. The fraction of sp³-hybridized carbons (Fsp3) is 0.500. The molecule has 3 nitrogen and oxygen atoms in total. The lowest BCUT2D eigenvalue weighted by molar-refractivity contribution is 0.328. The summed E-state index contributed by atoms with van der Waals surface area (Å²) < 4.78 is 0. The van der Waals surface area contributed by atoms with Gasteiger partial charge in [0.05, 0.1) is 5.52 Å². The van der Waals surface area contributed by atoms with Crippen molar-refractivity contribution in [1.29, 1.82) is 0 Å². The Morgan fingerprint density at radius 3 is 2.78 bits per heavy atom. The second-order valence-corrected chi connectivity index (χ2v) is 5.54. The van der Waals surface area contributed by atoms with Crippen molar-refractivity contribution in [3.05, 3.63) is 28.2 Å². The molecule has 2 aromatic rings. The van der Waals surface area contributed by atoms with Gasteiger partial charge in [-0.25, -0.2) is 4.98 Å². The number of likely N-dealkylation sites (tertiary alicyclic amines) is 1. The van der Waals surface area contributed by atoms with Crippen LogP contribution in [0.2, 0.25) is 5.15 Å². The summed E-state index contributed by atoms with van der Waals surface area (Å²) in [6, 6.07) is 2.15. The number of H-pyrrole nitrogens is 1.